The molecular formula is C24H40N4O7. The van der Waals surface area contributed by atoms with E-state index in [-0.39, 0.29) is 24.5 Å². The summed E-state index contributed by atoms with van der Waals surface area (Å²) in [4.78, 5) is 63.5. The number of ether oxygens (including phenoxy) is 1. The molecule has 0 saturated carbocycles. The van der Waals surface area contributed by atoms with Gasteiger partial charge in [-0.3, -0.25) is 19.2 Å². The third kappa shape index (κ3) is 10.1. The number of amides is 4. The normalized spacial score (nSPS) is 20.1. The van der Waals surface area contributed by atoms with E-state index in [0.717, 1.165) is 19.3 Å². The maximum atomic E-state index is 12.8. The fourth-order valence-corrected chi connectivity index (χ4v) is 4.48. The highest BCUT2D eigenvalue weighted by molar-refractivity contribution is 5.83. The van der Waals surface area contributed by atoms with Crippen molar-refractivity contribution >= 4 is 29.8 Å². The second kappa shape index (κ2) is 12.7. The van der Waals surface area contributed by atoms with E-state index < -0.39 is 36.0 Å². The molecule has 2 aliphatic heterocycles. The van der Waals surface area contributed by atoms with Gasteiger partial charge in [-0.05, 0) is 58.8 Å². The lowest BCUT2D eigenvalue weighted by atomic mass is 9.91. The molecule has 4 amide bonds. The third-order valence-corrected chi connectivity index (χ3v) is 6.25. The van der Waals surface area contributed by atoms with Crippen molar-refractivity contribution in [2.75, 3.05) is 26.2 Å². The smallest absolute Gasteiger partial charge is 0.410 e. The summed E-state index contributed by atoms with van der Waals surface area (Å²) in [5.41, 5.74) is -0.523. The first-order valence-electron chi connectivity index (χ1n) is 12.4. The lowest BCUT2D eigenvalue weighted by molar-refractivity contribution is -0.138. The highest BCUT2D eigenvalue weighted by Crippen LogP contribution is 2.25. The minimum atomic E-state index is -1.14. The summed E-state index contributed by atoms with van der Waals surface area (Å²) in [5, 5.41) is 14.0. The van der Waals surface area contributed by atoms with E-state index in [2.05, 4.69) is 10.6 Å². The molecule has 3 N–H and O–H groups in total. The highest BCUT2D eigenvalue weighted by atomic mass is 16.6. The molecule has 35 heavy (non-hydrogen) atoms. The van der Waals surface area contributed by atoms with E-state index in [1.807, 2.05) is 20.8 Å². The van der Waals surface area contributed by atoms with Crippen molar-refractivity contribution in [1.29, 1.82) is 0 Å². The second-order valence-corrected chi connectivity index (χ2v) is 10.5. The summed E-state index contributed by atoms with van der Waals surface area (Å²) >= 11 is 0. The zero-order valence-electron chi connectivity index (χ0n) is 21.3. The van der Waals surface area contributed by atoms with Crippen LogP contribution in [0.5, 0.6) is 0 Å². The van der Waals surface area contributed by atoms with E-state index in [9.17, 15) is 24.0 Å². The molecule has 0 aromatic heterocycles. The molecule has 0 radical (unpaired) electrons. The number of hydrogen-bond acceptors (Lipinski definition) is 6. The van der Waals surface area contributed by atoms with Crippen molar-refractivity contribution < 1.29 is 33.8 Å². The van der Waals surface area contributed by atoms with Crippen molar-refractivity contribution in [2.45, 2.75) is 84.4 Å². The molecule has 11 heteroatoms. The summed E-state index contributed by atoms with van der Waals surface area (Å²) in [7, 11) is 0. The number of nitrogens with zero attached hydrogens (tertiary/aromatic N) is 2. The monoisotopic (exact) mass is 496 g/mol. The van der Waals surface area contributed by atoms with Crippen LogP contribution >= 0.6 is 0 Å². The van der Waals surface area contributed by atoms with E-state index in [1.54, 1.807) is 9.80 Å². The van der Waals surface area contributed by atoms with Crippen molar-refractivity contribution in [2.24, 2.45) is 11.8 Å². The maximum absolute atomic E-state index is 12.8. The molecule has 2 saturated heterocycles. The van der Waals surface area contributed by atoms with Gasteiger partial charge in [0.25, 0.3) is 0 Å². The lowest BCUT2D eigenvalue weighted by Crippen LogP contribution is -2.53. The SMILES string of the molecule is CC(=O)N[C@H](CC(=O)O)NC(=O)[C@@H]1CCCN(C(=O)CCC2CCN(C(=O)OC(C)(C)C)CC2)C1. The van der Waals surface area contributed by atoms with Crippen LogP contribution in [0.25, 0.3) is 0 Å². The number of rotatable bonds is 8. The first-order chi connectivity index (χ1) is 16.3. The zero-order valence-corrected chi connectivity index (χ0v) is 21.3. The fourth-order valence-electron chi connectivity index (χ4n) is 4.48. The van der Waals surface area contributed by atoms with Crippen LogP contribution in [0.2, 0.25) is 0 Å². The number of hydrogen-bond donors (Lipinski definition) is 3. The van der Waals surface area contributed by atoms with Crippen LogP contribution in [0.4, 0.5) is 4.79 Å². The molecule has 2 atom stereocenters. The summed E-state index contributed by atoms with van der Waals surface area (Å²) in [6.45, 7) is 8.88. The van der Waals surface area contributed by atoms with E-state index in [1.165, 1.54) is 6.92 Å². The molecule has 0 aromatic rings. The lowest BCUT2D eigenvalue weighted by Gasteiger charge is -2.35. The second-order valence-electron chi connectivity index (χ2n) is 10.5. The quantitative estimate of drug-likeness (QED) is 0.434. The molecule has 0 aromatic carbocycles. The van der Waals surface area contributed by atoms with Gasteiger partial charge in [0.15, 0.2) is 0 Å². The van der Waals surface area contributed by atoms with Crippen molar-refractivity contribution in [3.05, 3.63) is 0 Å². The van der Waals surface area contributed by atoms with Crippen LogP contribution in [-0.2, 0) is 23.9 Å². The molecule has 0 spiro atoms. The van der Waals surface area contributed by atoms with Crippen molar-refractivity contribution in [3.8, 4) is 0 Å². The van der Waals surface area contributed by atoms with Crippen LogP contribution in [0, 0.1) is 11.8 Å². The molecular weight excluding hydrogens is 456 g/mol. The Labute approximate surface area is 206 Å². The molecule has 11 nitrogen and oxygen atoms in total. The van der Waals surface area contributed by atoms with Crippen LogP contribution < -0.4 is 10.6 Å². The Morgan fingerprint density at radius 1 is 1.00 bits per heavy atom. The Morgan fingerprint density at radius 3 is 2.23 bits per heavy atom. The fraction of sp³-hybridized carbons (Fsp3) is 0.792. The molecule has 0 bridgehead atoms. The number of likely N-dealkylation sites (tertiary alicyclic amines) is 2. The predicted molar refractivity (Wildman–Crippen MR) is 127 cm³/mol. The summed E-state index contributed by atoms with van der Waals surface area (Å²) in [5.74, 6) is -2.03. The molecule has 198 valence electrons. The number of carbonyl (C=O) groups excluding carboxylic acids is 4. The molecule has 2 rings (SSSR count). The maximum Gasteiger partial charge on any atom is 0.410 e. The Kier molecular flexibility index (Phi) is 10.3. The average molecular weight is 497 g/mol. The van der Waals surface area contributed by atoms with Crippen molar-refractivity contribution in [1.82, 2.24) is 20.4 Å². The van der Waals surface area contributed by atoms with Gasteiger partial charge in [0.05, 0.1) is 12.3 Å². The Morgan fingerprint density at radius 2 is 1.66 bits per heavy atom. The molecule has 2 aliphatic rings. The number of nitrogens with one attached hydrogen (secondary N) is 2. The number of carboxylic acid groups (broad SMARTS) is 1. The summed E-state index contributed by atoms with van der Waals surface area (Å²) in [6, 6.07) is 0. The number of piperidine rings is 2. The van der Waals surface area contributed by atoms with Gasteiger partial charge >= 0.3 is 12.1 Å². The van der Waals surface area contributed by atoms with Crippen molar-refractivity contribution in [3.63, 3.8) is 0 Å². The predicted octanol–water partition coefficient (Wildman–Crippen LogP) is 1.71. The minimum Gasteiger partial charge on any atom is -0.481 e. The summed E-state index contributed by atoms with van der Waals surface area (Å²) in [6.07, 6.45) is 2.34. The molecule has 2 fully saturated rings. The Hall–Kier alpha value is -2.85. The van der Waals surface area contributed by atoms with Gasteiger partial charge in [-0.25, -0.2) is 4.79 Å². The average Bonchev–Trinajstić information content (AvgIpc) is 2.75. The first-order valence-corrected chi connectivity index (χ1v) is 12.4. The molecule has 0 aliphatic carbocycles. The van der Waals surface area contributed by atoms with Gasteiger partial charge in [-0.15, -0.1) is 0 Å². The van der Waals surface area contributed by atoms with Gasteiger partial charge in [0.1, 0.15) is 11.8 Å². The zero-order chi connectivity index (χ0) is 26.2. The van der Waals surface area contributed by atoms with Gasteiger partial charge in [-0.1, -0.05) is 0 Å². The van der Waals surface area contributed by atoms with Gasteiger partial charge in [0, 0.05) is 39.5 Å². The van der Waals surface area contributed by atoms with Gasteiger partial charge in [0.2, 0.25) is 17.7 Å². The van der Waals surface area contributed by atoms with E-state index in [0.29, 0.717) is 44.8 Å². The van der Waals surface area contributed by atoms with Gasteiger partial charge in [-0.2, -0.15) is 0 Å². The Balaban J connectivity index is 1.77. The van der Waals surface area contributed by atoms with Crippen LogP contribution in [0.15, 0.2) is 0 Å². The number of carbonyl (C=O) groups is 5. The standard InChI is InChI=1S/C24H40N4O7/c1-16(29)25-19(14-21(31)32)26-22(33)18-6-5-11-28(15-18)20(30)8-7-17-9-12-27(13-10-17)23(34)35-24(2,3)4/h17-19H,5-15H2,1-4H3,(H,25,29)(H,26,33)(H,31,32)/t18-,19+/m1/s1. The van der Waals surface area contributed by atoms with Crippen LogP contribution in [0.1, 0.15) is 72.6 Å². The van der Waals surface area contributed by atoms with E-state index >= 15 is 0 Å². The highest BCUT2D eigenvalue weighted by Gasteiger charge is 2.31. The third-order valence-electron chi connectivity index (χ3n) is 6.25. The topological polar surface area (TPSA) is 145 Å². The summed E-state index contributed by atoms with van der Waals surface area (Å²) < 4.78 is 5.42. The largest absolute Gasteiger partial charge is 0.481 e. The van der Waals surface area contributed by atoms with Gasteiger partial charge < -0.3 is 30.3 Å². The number of aliphatic carboxylic acids is 1. The Bertz CT molecular complexity index is 771. The minimum absolute atomic E-state index is 0.000943. The molecule has 0 unspecified atom stereocenters. The van der Waals surface area contributed by atoms with E-state index in [4.69, 9.17) is 9.84 Å². The van der Waals surface area contributed by atoms with Crippen LogP contribution in [0.3, 0.4) is 0 Å². The van der Waals surface area contributed by atoms with Crippen LogP contribution in [-0.4, -0.2) is 82.6 Å². The molecule has 2 heterocycles. The number of carboxylic acids is 1. The first kappa shape index (κ1) is 28.4.